The number of nitrogens with one attached hydrogen (secondary N) is 1. The molecular weight excluding hydrogens is 871 g/mol. The molecule has 17 heteroatoms. The van der Waals surface area contributed by atoms with Gasteiger partial charge in [0.2, 0.25) is 0 Å². The van der Waals surface area contributed by atoms with Crippen LogP contribution in [0, 0.1) is 22.7 Å². The minimum atomic E-state index is -3.32. The van der Waals surface area contributed by atoms with Crippen molar-refractivity contribution >= 4 is 46.9 Å². The number of aliphatic hydroxyl groups is 1. The Labute approximate surface area is 383 Å². The van der Waals surface area contributed by atoms with Gasteiger partial charge in [-0.25, -0.2) is 9.59 Å². The quantitative estimate of drug-likeness (QED) is 0.119. The maximum Gasteiger partial charge on any atom is 0.408 e. The summed E-state index contributed by atoms with van der Waals surface area (Å²) in [6.45, 7) is 22.4. The van der Waals surface area contributed by atoms with E-state index in [9.17, 15) is 24.3 Å². The summed E-state index contributed by atoms with van der Waals surface area (Å²) < 4.78 is 52.2. The highest BCUT2D eigenvalue weighted by molar-refractivity contribution is 6.78. The zero-order valence-electron chi connectivity index (χ0n) is 39.8. The largest absolute Gasteiger partial charge is 0.457 e. The normalized spacial score (nSPS) is 34.2. The van der Waals surface area contributed by atoms with E-state index in [1.165, 1.54) is 6.92 Å². The fourth-order valence-electron chi connectivity index (χ4n) is 11.2. The first-order valence-corrected chi connectivity index (χ1v) is 28.1. The third kappa shape index (κ3) is 8.66. The van der Waals surface area contributed by atoms with Gasteiger partial charge in [0.15, 0.2) is 11.4 Å². The van der Waals surface area contributed by atoms with Crippen molar-refractivity contribution in [2.45, 2.75) is 155 Å². The molecule has 5 aliphatic rings. The number of carbonyl (C=O) groups excluding carboxylic acids is 5. The Kier molecular flexibility index (Phi) is 12.6. The number of alkyl carbamates (subject to hydrolysis) is 1. The third-order valence-corrected chi connectivity index (χ3v) is 19.7. The van der Waals surface area contributed by atoms with Crippen molar-refractivity contribution < 1.29 is 65.7 Å². The number of esters is 3. The van der Waals surface area contributed by atoms with Crippen LogP contribution in [0.1, 0.15) is 97.1 Å². The molecule has 3 aliphatic carbocycles. The number of rotatable bonds is 8. The van der Waals surface area contributed by atoms with Gasteiger partial charge in [-0.3, -0.25) is 14.4 Å². The number of ketones is 1. The van der Waals surface area contributed by atoms with E-state index in [1.54, 1.807) is 110 Å². The highest BCUT2D eigenvalue weighted by atomic mass is 28.5. The number of amides is 1. The summed E-state index contributed by atoms with van der Waals surface area (Å²) in [5.41, 5.74) is -6.14. The third-order valence-electron chi connectivity index (χ3n) is 14.1. The number of ether oxygens (including phenoxy) is 5. The number of fused-ring (bicyclic) bond motifs is 6. The molecule has 11 atom stereocenters. The monoisotopic (exact) mass is 935 g/mol. The molecular formula is C48H65NO14Si2. The number of hydrogen-bond donors (Lipinski definition) is 2. The molecule has 0 spiro atoms. The molecule has 354 valence electrons. The highest BCUT2D eigenvalue weighted by Gasteiger charge is 2.79. The molecule has 0 radical (unpaired) electrons. The molecule has 4 bridgehead atoms. The molecule has 0 aromatic heterocycles. The molecule has 65 heavy (non-hydrogen) atoms. The van der Waals surface area contributed by atoms with Gasteiger partial charge in [0.05, 0.1) is 41.6 Å². The van der Waals surface area contributed by atoms with Gasteiger partial charge in [0.1, 0.15) is 35.6 Å². The van der Waals surface area contributed by atoms with Crippen molar-refractivity contribution in [2.24, 2.45) is 22.7 Å². The predicted octanol–water partition coefficient (Wildman–Crippen LogP) is 7.02. The lowest BCUT2D eigenvalue weighted by Gasteiger charge is -2.68. The Bertz CT molecular complexity index is 2240. The van der Waals surface area contributed by atoms with Crippen LogP contribution in [-0.2, 0) is 51.0 Å². The van der Waals surface area contributed by atoms with Crippen molar-refractivity contribution in [3.05, 3.63) is 82.9 Å². The van der Waals surface area contributed by atoms with E-state index in [0.29, 0.717) is 16.7 Å². The van der Waals surface area contributed by atoms with E-state index in [4.69, 9.17) is 36.7 Å². The molecule has 15 nitrogen and oxygen atoms in total. The second-order valence-electron chi connectivity index (χ2n) is 21.0. The van der Waals surface area contributed by atoms with E-state index < -0.39 is 123 Å². The van der Waals surface area contributed by atoms with Crippen LogP contribution >= 0.6 is 0 Å². The minimum absolute atomic E-state index is 0.123. The van der Waals surface area contributed by atoms with Crippen molar-refractivity contribution in [3.8, 4) is 0 Å². The molecule has 7 rings (SSSR count). The number of Topliss-reactive ketones (excluding diaryl/α,β-unsaturated/α-hetero) is 1. The van der Waals surface area contributed by atoms with E-state index in [-0.39, 0.29) is 25.0 Å². The standard InChI is InChI=1S/C48H65NO14Si2/c1-27-32(57-41(52)28(2)36(30-20-16-14-17-21-30)49-43(54)60-44(4,5)6)25-48(55)40(58-42(53)31-22-18-15-19-23-31)38-46(9)33(24-34-47(38,26-56-34)59-29(3)50)61-64(10,11)63-65(12,13)62-37(39(46)51)35(27)45(48,7)8/h14-23,28,32-34,36-38,40,55H,24-26H2,1-13H3,(H,49,54)/t28-,32+,33+,34-,36-,37-,38+,40+,46-,47+,48-/m1/s1. The van der Waals surface area contributed by atoms with Crippen LogP contribution in [0.25, 0.3) is 0 Å². The molecule has 2 heterocycles. The molecule has 2 N–H and O–H groups in total. The fraction of sp³-hybridized carbons (Fsp3) is 0.604. The average molecular weight is 936 g/mol. The van der Waals surface area contributed by atoms with E-state index >= 15 is 4.79 Å². The lowest BCUT2D eigenvalue weighted by atomic mass is 9.44. The first kappa shape index (κ1) is 48.7. The van der Waals surface area contributed by atoms with Crippen molar-refractivity contribution in [3.63, 3.8) is 0 Å². The van der Waals surface area contributed by atoms with Gasteiger partial charge in [0.25, 0.3) is 0 Å². The fourth-order valence-corrected chi connectivity index (χ4v) is 18.2. The first-order valence-electron chi connectivity index (χ1n) is 22.4. The van der Waals surface area contributed by atoms with E-state index in [2.05, 4.69) is 5.32 Å². The Morgan fingerprint density at radius 2 is 1.49 bits per heavy atom. The van der Waals surface area contributed by atoms with Crippen LogP contribution < -0.4 is 5.32 Å². The number of benzene rings is 2. The summed E-state index contributed by atoms with van der Waals surface area (Å²) in [6.07, 6.45) is -6.94. The van der Waals surface area contributed by atoms with Gasteiger partial charge >= 0.3 is 41.1 Å². The van der Waals surface area contributed by atoms with Crippen LogP contribution in [0.15, 0.2) is 71.8 Å². The van der Waals surface area contributed by atoms with Gasteiger partial charge in [0, 0.05) is 25.2 Å². The second kappa shape index (κ2) is 16.8. The van der Waals surface area contributed by atoms with Gasteiger partial charge in [-0.05, 0) is 96.6 Å². The van der Waals surface area contributed by atoms with Crippen LogP contribution in [0.5, 0.6) is 0 Å². The van der Waals surface area contributed by atoms with Crippen LogP contribution in [0.4, 0.5) is 4.79 Å². The Hall–Kier alpha value is -4.24. The van der Waals surface area contributed by atoms with Gasteiger partial charge in [-0.2, -0.15) is 0 Å². The van der Waals surface area contributed by atoms with E-state index in [1.807, 2.05) is 32.3 Å². The van der Waals surface area contributed by atoms with Crippen molar-refractivity contribution in [1.82, 2.24) is 5.32 Å². The summed E-state index contributed by atoms with van der Waals surface area (Å²) in [4.78, 5) is 72.1. The van der Waals surface area contributed by atoms with Gasteiger partial charge in [-0.15, -0.1) is 0 Å². The van der Waals surface area contributed by atoms with Crippen molar-refractivity contribution in [1.29, 1.82) is 0 Å². The molecule has 4 fully saturated rings. The highest BCUT2D eigenvalue weighted by Crippen LogP contribution is 2.65. The Morgan fingerprint density at radius 1 is 0.892 bits per heavy atom. The maximum atomic E-state index is 16.2. The molecule has 1 amide bonds. The molecule has 2 aromatic carbocycles. The van der Waals surface area contributed by atoms with Crippen molar-refractivity contribution in [2.75, 3.05) is 6.61 Å². The number of carbonyl (C=O) groups is 5. The van der Waals surface area contributed by atoms with Gasteiger partial charge in [-0.1, -0.05) is 62.4 Å². The maximum absolute atomic E-state index is 16.2. The Morgan fingerprint density at radius 3 is 2.06 bits per heavy atom. The first-order chi connectivity index (χ1) is 30.1. The smallest absolute Gasteiger partial charge is 0.408 e. The zero-order valence-corrected chi connectivity index (χ0v) is 41.8. The lowest BCUT2D eigenvalue weighted by Crippen LogP contribution is -2.82. The summed E-state index contributed by atoms with van der Waals surface area (Å²) >= 11 is 0. The molecule has 2 aliphatic heterocycles. The minimum Gasteiger partial charge on any atom is -0.457 e. The topological polar surface area (TPSA) is 191 Å². The zero-order chi connectivity index (χ0) is 47.9. The summed E-state index contributed by atoms with van der Waals surface area (Å²) in [5, 5.41) is 16.9. The summed E-state index contributed by atoms with van der Waals surface area (Å²) in [6, 6.07) is 16.3. The SMILES string of the molecule is CC(=O)O[C@@]12CO[C@@H]1C[C@@H]1O[Si](C)(C)O[Si](C)(C)O[C@H]3C(=O)[C@@]1(C)[C@@H]2[C@H](OC(=O)c1ccccc1)[C@]1(O)C[C@H](OC(=O)[C@H](C)[C@@H](NC(=O)OC(C)(C)C)c2ccccc2)C(C)=C3C1(C)C. The molecule has 2 aromatic rings. The molecule has 2 saturated carbocycles. The van der Waals surface area contributed by atoms with Crippen LogP contribution in [-0.4, -0.2) is 106 Å². The number of hydrogen-bond acceptors (Lipinski definition) is 14. The summed E-state index contributed by atoms with van der Waals surface area (Å²) in [7, 11) is -6.49. The van der Waals surface area contributed by atoms with E-state index in [0.717, 1.165) is 0 Å². The molecule has 2 saturated heterocycles. The van der Waals surface area contributed by atoms with Gasteiger partial charge < -0.3 is 47.1 Å². The summed E-state index contributed by atoms with van der Waals surface area (Å²) in [5.74, 6) is -4.95. The second-order valence-corrected chi connectivity index (χ2v) is 27.9. The predicted molar refractivity (Wildman–Crippen MR) is 241 cm³/mol. The van der Waals surface area contributed by atoms with Crippen LogP contribution in [0.2, 0.25) is 26.2 Å². The Balaban J connectivity index is 1.44. The average Bonchev–Trinajstić information content (AvgIpc) is 3.21. The van der Waals surface area contributed by atoms with Crippen LogP contribution in [0.3, 0.4) is 0 Å². The molecule has 0 unspecified atom stereocenters. The lowest BCUT2D eigenvalue weighted by molar-refractivity contribution is -0.344.